The van der Waals surface area contributed by atoms with Crippen LogP contribution in [-0.4, -0.2) is 51.3 Å². The largest absolute Gasteiger partial charge is 0.359 e. The summed E-state index contributed by atoms with van der Waals surface area (Å²) >= 11 is 0. The van der Waals surface area contributed by atoms with Gasteiger partial charge in [0.25, 0.3) is 5.69 Å². The van der Waals surface area contributed by atoms with Crippen molar-refractivity contribution in [2.75, 3.05) is 46.4 Å². The van der Waals surface area contributed by atoms with E-state index in [-0.39, 0.29) is 22.0 Å². The first-order chi connectivity index (χ1) is 10.9. The summed E-state index contributed by atoms with van der Waals surface area (Å²) in [6, 6.07) is 6.59. The van der Waals surface area contributed by atoms with Crippen LogP contribution in [0.5, 0.6) is 0 Å². The van der Waals surface area contributed by atoms with E-state index in [4.69, 9.17) is 15.6 Å². The first-order valence-corrected chi connectivity index (χ1v) is 11.3. The van der Waals surface area contributed by atoms with E-state index in [0.29, 0.717) is 19.8 Å². The topological polar surface area (TPSA) is 66.0 Å². The van der Waals surface area contributed by atoms with Crippen LogP contribution in [0.2, 0.25) is 0 Å². The number of hydrogen-bond acceptors (Lipinski definition) is 4. The standard InChI is InChI=1S/C10H14NO3P.C5H10NOP/c1-15(2)14-8-7-9-3-5-10(6-4-9)11(12)13;1-6-4-5-7-8(2)3/h3-6H,7-8H2,1-2H3;4-5H2,2-3H3. The number of benzene rings is 1. The fraction of sp³-hybridized carbons (Fsp3) is 0.533. The zero-order valence-electron chi connectivity index (χ0n) is 14.1. The summed E-state index contributed by atoms with van der Waals surface area (Å²) in [5, 5.41) is 10.4. The van der Waals surface area contributed by atoms with Crippen molar-refractivity contribution in [2.24, 2.45) is 0 Å². The number of rotatable bonds is 8. The molecule has 128 valence electrons. The van der Waals surface area contributed by atoms with Gasteiger partial charge in [-0.1, -0.05) is 12.1 Å². The molecule has 0 heterocycles. The van der Waals surface area contributed by atoms with Crippen molar-refractivity contribution in [3.63, 3.8) is 0 Å². The molecule has 6 nitrogen and oxygen atoms in total. The minimum atomic E-state index is -0.391. The van der Waals surface area contributed by atoms with Crippen molar-refractivity contribution in [1.29, 1.82) is 0 Å². The molecular formula is C15H24N2O4P2. The second kappa shape index (κ2) is 13.3. The zero-order valence-corrected chi connectivity index (χ0v) is 15.8. The Balaban J connectivity index is 0.000000515. The Morgan fingerprint density at radius 3 is 2.04 bits per heavy atom. The Morgan fingerprint density at radius 1 is 1.09 bits per heavy atom. The van der Waals surface area contributed by atoms with E-state index in [2.05, 4.69) is 4.85 Å². The Bertz CT molecular complexity index is 487. The molecule has 1 rings (SSSR count). The lowest BCUT2D eigenvalue weighted by atomic mass is 10.1. The molecule has 0 unspecified atom stereocenters. The zero-order chi connectivity index (χ0) is 17.7. The van der Waals surface area contributed by atoms with Crippen LogP contribution in [0, 0.1) is 16.7 Å². The van der Waals surface area contributed by atoms with Gasteiger partial charge in [-0.05, 0) is 38.6 Å². The van der Waals surface area contributed by atoms with Gasteiger partial charge in [0.2, 0.25) is 6.54 Å². The SMILES string of the molecule is CP(C)OCCc1ccc([N+](=O)[O-])cc1.[C-]#[N+]CCOP(C)C. The molecule has 0 saturated carbocycles. The molecule has 0 aromatic heterocycles. The average Bonchev–Trinajstić information content (AvgIpc) is 2.48. The molecule has 0 amide bonds. The predicted molar refractivity (Wildman–Crippen MR) is 97.7 cm³/mol. The molecular weight excluding hydrogens is 334 g/mol. The van der Waals surface area contributed by atoms with Gasteiger partial charge in [0.1, 0.15) is 6.61 Å². The highest BCUT2D eigenvalue weighted by molar-refractivity contribution is 7.51. The Morgan fingerprint density at radius 2 is 1.61 bits per heavy atom. The van der Waals surface area contributed by atoms with Gasteiger partial charge < -0.3 is 13.9 Å². The highest BCUT2D eigenvalue weighted by Crippen LogP contribution is 2.26. The van der Waals surface area contributed by atoms with Gasteiger partial charge in [-0.2, -0.15) is 0 Å². The van der Waals surface area contributed by atoms with E-state index >= 15 is 0 Å². The second-order valence-corrected chi connectivity index (χ2v) is 8.61. The average molecular weight is 358 g/mol. The van der Waals surface area contributed by atoms with Crippen molar-refractivity contribution in [3.8, 4) is 0 Å². The first-order valence-electron chi connectivity index (χ1n) is 7.03. The van der Waals surface area contributed by atoms with Crippen molar-refractivity contribution < 1.29 is 14.0 Å². The van der Waals surface area contributed by atoms with Crippen molar-refractivity contribution in [1.82, 2.24) is 0 Å². The smallest absolute Gasteiger partial charge is 0.269 e. The molecule has 0 aliphatic rings. The minimum Gasteiger partial charge on any atom is -0.359 e. The molecule has 8 heteroatoms. The summed E-state index contributed by atoms with van der Waals surface area (Å²) in [7, 11) is -0.577. The molecule has 0 saturated heterocycles. The van der Waals surface area contributed by atoms with Gasteiger partial charge in [-0.25, -0.2) is 6.57 Å². The summed E-state index contributed by atoms with van der Waals surface area (Å²) in [5.74, 6) is 0. The van der Waals surface area contributed by atoms with Gasteiger partial charge in [-0.3, -0.25) is 10.1 Å². The predicted octanol–water partition coefficient (Wildman–Crippen LogP) is 4.39. The Kier molecular flexibility index (Phi) is 12.7. The van der Waals surface area contributed by atoms with Crippen LogP contribution < -0.4 is 0 Å². The van der Waals surface area contributed by atoms with E-state index in [0.717, 1.165) is 12.0 Å². The van der Waals surface area contributed by atoms with Gasteiger partial charge in [0.05, 0.1) is 11.5 Å². The third kappa shape index (κ3) is 13.1. The summed E-state index contributed by atoms with van der Waals surface area (Å²) in [5.41, 5.74) is 1.20. The molecule has 0 aliphatic heterocycles. The van der Waals surface area contributed by atoms with Crippen molar-refractivity contribution >= 4 is 22.0 Å². The van der Waals surface area contributed by atoms with Crippen LogP contribution >= 0.6 is 16.3 Å². The Labute approximate surface area is 140 Å². The van der Waals surface area contributed by atoms with E-state index < -0.39 is 4.92 Å². The van der Waals surface area contributed by atoms with Gasteiger partial charge in [0.15, 0.2) is 0 Å². The quantitative estimate of drug-likeness (QED) is 0.227. The molecule has 0 radical (unpaired) electrons. The summed E-state index contributed by atoms with van der Waals surface area (Å²) in [6.45, 7) is 16.3. The fourth-order valence-corrected chi connectivity index (χ4v) is 2.30. The lowest BCUT2D eigenvalue weighted by Crippen LogP contribution is -1.95. The lowest BCUT2D eigenvalue weighted by Gasteiger charge is -2.06. The van der Waals surface area contributed by atoms with E-state index in [1.807, 2.05) is 26.7 Å². The van der Waals surface area contributed by atoms with Crippen molar-refractivity contribution in [3.05, 3.63) is 51.4 Å². The maximum atomic E-state index is 10.4. The van der Waals surface area contributed by atoms with Gasteiger partial charge in [0, 0.05) is 28.4 Å². The molecule has 0 fully saturated rings. The molecule has 1 aromatic rings. The fourth-order valence-electron chi connectivity index (χ4n) is 1.40. The molecule has 0 N–H and O–H groups in total. The molecule has 0 atom stereocenters. The van der Waals surface area contributed by atoms with E-state index in [1.165, 1.54) is 12.1 Å². The van der Waals surface area contributed by atoms with E-state index in [1.54, 1.807) is 12.1 Å². The van der Waals surface area contributed by atoms with E-state index in [9.17, 15) is 10.1 Å². The number of nitro groups is 1. The maximum Gasteiger partial charge on any atom is 0.269 e. The lowest BCUT2D eigenvalue weighted by molar-refractivity contribution is -0.384. The summed E-state index contributed by atoms with van der Waals surface area (Å²) in [4.78, 5) is 13.2. The van der Waals surface area contributed by atoms with Crippen LogP contribution in [-0.2, 0) is 15.5 Å². The number of nitrogens with zero attached hydrogens (tertiary/aromatic N) is 2. The normalized spacial score (nSPS) is 10.1. The monoisotopic (exact) mass is 358 g/mol. The third-order valence-corrected chi connectivity index (χ3v) is 3.84. The van der Waals surface area contributed by atoms with Gasteiger partial charge in [-0.15, -0.1) is 0 Å². The van der Waals surface area contributed by atoms with Crippen LogP contribution in [0.1, 0.15) is 5.56 Å². The highest BCUT2D eigenvalue weighted by atomic mass is 31.1. The molecule has 23 heavy (non-hydrogen) atoms. The van der Waals surface area contributed by atoms with Crippen LogP contribution in [0.25, 0.3) is 4.85 Å². The second-order valence-electron chi connectivity index (χ2n) is 4.85. The third-order valence-electron chi connectivity index (χ3n) is 2.44. The van der Waals surface area contributed by atoms with Crippen molar-refractivity contribution in [2.45, 2.75) is 6.42 Å². The van der Waals surface area contributed by atoms with Crippen LogP contribution in [0.15, 0.2) is 24.3 Å². The molecule has 0 aliphatic carbocycles. The number of non-ortho nitro benzene ring substituents is 1. The minimum absolute atomic E-state index is 0.132. The summed E-state index contributed by atoms with van der Waals surface area (Å²) in [6.07, 6.45) is 0.804. The molecule has 1 aromatic carbocycles. The van der Waals surface area contributed by atoms with Crippen LogP contribution in [0.4, 0.5) is 5.69 Å². The first kappa shape index (κ1) is 21.9. The molecule has 0 spiro atoms. The van der Waals surface area contributed by atoms with Crippen LogP contribution in [0.3, 0.4) is 0 Å². The van der Waals surface area contributed by atoms with Gasteiger partial charge >= 0.3 is 0 Å². The number of hydrogen-bond donors (Lipinski definition) is 0. The molecule has 0 bridgehead atoms. The Hall–Kier alpha value is -1.11. The maximum absolute atomic E-state index is 10.4. The highest BCUT2D eigenvalue weighted by Gasteiger charge is 2.03. The summed E-state index contributed by atoms with van der Waals surface area (Å²) < 4.78 is 10.6. The number of nitro benzene ring substituents is 1.